The molecule has 27 heavy (non-hydrogen) atoms. The number of alkyl halides is 2. The summed E-state index contributed by atoms with van der Waals surface area (Å²) in [7, 11) is 0. The SMILES string of the molecule is C[C@@H](C(=O)Nc1ccc(F)cn1)N1CCC(F)(F)[C@@H](c2ccc(=O)[nH]c2)C1. The Labute approximate surface area is 153 Å². The minimum absolute atomic E-state index is 0.0372. The maximum absolute atomic E-state index is 14.4. The lowest BCUT2D eigenvalue weighted by Crippen LogP contribution is -2.52. The van der Waals surface area contributed by atoms with Crippen LogP contribution in [0.5, 0.6) is 0 Å². The van der Waals surface area contributed by atoms with Gasteiger partial charge in [-0.15, -0.1) is 0 Å². The van der Waals surface area contributed by atoms with Crippen LogP contribution < -0.4 is 10.9 Å². The Balaban J connectivity index is 1.72. The quantitative estimate of drug-likeness (QED) is 0.854. The molecule has 1 saturated heterocycles. The number of aromatic amines is 1. The van der Waals surface area contributed by atoms with Crippen molar-refractivity contribution in [2.24, 2.45) is 0 Å². The van der Waals surface area contributed by atoms with Crippen molar-refractivity contribution in [3.05, 3.63) is 58.4 Å². The Morgan fingerprint density at radius 1 is 1.37 bits per heavy atom. The summed E-state index contributed by atoms with van der Waals surface area (Å²) in [5.74, 6) is -4.83. The molecule has 3 rings (SSSR count). The Morgan fingerprint density at radius 3 is 2.78 bits per heavy atom. The lowest BCUT2D eigenvalue weighted by Gasteiger charge is -2.40. The highest BCUT2D eigenvalue weighted by Gasteiger charge is 2.46. The Kier molecular flexibility index (Phi) is 5.31. The molecule has 144 valence electrons. The van der Waals surface area contributed by atoms with Crippen LogP contribution in [-0.2, 0) is 4.79 Å². The second-order valence-electron chi connectivity index (χ2n) is 6.57. The zero-order chi connectivity index (χ0) is 19.6. The highest BCUT2D eigenvalue weighted by molar-refractivity contribution is 5.93. The van der Waals surface area contributed by atoms with Gasteiger partial charge in [0.05, 0.1) is 18.2 Å². The third-order valence-electron chi connectivity index (χ3n) is 4.78. The summed E-state index contributed by atoms with van der Waals surface area (Å²) in [6.45, 7) is 1.63. The lowest BCUT2D eigenvalue weighted by molar-refractivity contribution is -0.125. The van der Waals surface area contributed by atoms with Gasteiger partial charge in [-0.1, -0.05) is 6.07 Å². The molecular formula is C18H19F3N4O2. The number of anilines is 1. The smallest absolute Gasteiger partial charge is 0.257 e. The monoisotopic (exact) mass is 380 g/mol. The average Bonchev–Trinajstić information content (AvgIpc) is 2.64. The summed E-state index contributed by atoms with van der Waals surface area (Å²) in [6, 6.07) is 4.40. The van der Waals surface area contributed by atoms with Crippen molar-refractivity contribution in [1.82, 2.24) is 14.9 Å². The van der Waals surface area contributed by atoms with Crippen molar-refractivity contribution in [2.75, 3.05) is 18.4 Å². The van der Waals surface area contributed by atoms with Crippen LogP contribution in [0.25, 0.3) is 0 Å². The van der Waals surface area contributed by atoms with Crippen LogP contribution in [0, 0.1) is 5.82 Å². The fourth-order valence-electron chi connectivity index (χ4n) is 3.11. The third kappa shape index (κ3) is 4.36. The molecule has 1 aliphatic heterocycles. The maximum Gasteiger partial charge on any atom is 0.257 e. The zero-order valence-electron chi connectivity index (χ0n) is 14.6. The van der Waals surface area contributed by atoms with Gasteiger partial charge in [-0.3, -0.25) is 14.5 Å². The first-order valence-electron chi connectivity index (χ1n) is 8.49. The number of carbonyl (C=O) groups is 1. The van der Waals surface area contributed by atoms with Crippen LogP contribution in [-0.4, -0.2) is 45.8 Å². The maximum atomic E-state index is 14.4. The molecule has 0 spiro atoms. The Bertz CT molecular complexity index is 849. The molecule has 0 aromatic carbocycles. The fraction of sp³-hybridized carbons (Fsp3) is 0.389. The standard InChI is InChI=1S/C18H19F3N4O2/c1-11(17(27)24-15-4-3-13(19)9-22-15)25-7-6-18(20,21)14(10-25)12-2-5-16(26)23-8-12/h2-5,8-9,11,14H,6-7,10H2,1H3,(H,23,26)(H,22,24,27)/t11-,14+/m0/s1. The van der Waals surface area contributed by atoms with Crippen LogP contribution in [0.3, 0.4) is 0 Å². The van der Waals surface area contributed by atoms with E-state index in [4.69, 9.17) is 0 Å². The van der Waals surface area contributed by atoms with Crippen molar-refractivity contribution in [1.29, 1.82) is 0 Å². The normalized spacial score (nSPS) is 20.8. The molecule has 1 aliphatic rings. The molecule has 2 N–H and O–H groups in total. The fourth-order valence-corrected chi connectivity index (χ4v) is 3.11. The van der Waals surface area contributed by atoms with Gasteiger partial charge in [0.1, 0.15) is 11.6 Å². The second-order valence-corrected chi connectivity index (χ2v) is 6.57. The first-order valence-corrected chi connectivity index (χ1v) is 8.49. The number of H-pyrrole nitrogens is 1. The van der Waals surface area contributed by atoms with Crippen LogP contribution in [0.1, 0.15) is 24.8 Å². The van der Waals surface area contributed by atoms with E-state index < -0.39 is 36.0 Å². The number of nitrogens with zero attached hydrogens (tertiary/aromatic N) is 2. The number of piperidine rings is 1. The van der Waals surface area contributed by atoms with Crippen molar-refractivity contribution >= 4 is 11.7 Å². The van der Waals surface area contributed by atoms with Crippen molar-refractivity contribution < 1.29 is 18.0 Å². The number of aromatic nitrogens is 2. The van der Waals surface area contributed by atoms with Crippen LogP contribution in [0.2, 0.25) is 0 Å². The Hall–Kier alpha value is -2.68. The van der Waals surface area contributed by atoms with E-state index in [-0.39, 0.29) is 24.5 Å². The van der Waals surface area contributed by atoms with Gasteiger partial charge in [0.2, 0.25) is 11.5 Å². The molecule has 0 aliphatic carbocycles. The lowest BCUT2D eigenvalue weighted by atomic mass is 9.87. The molecule has 1 fully saturated rings. The van der Waals surface area contributed by atoms with Crippen LogP contribution in [0.15, 0.2) is 41.5 Å². The van der Waals surface area contributed by atoms with Gasteiger partial charge in [-0.25, -0.2) is 18.2 Å². The van der Waals surface area contributed by atoms with Crippen molar-refractivity contribution in [2.45, 2.75) is 31.2 Å². The van der Waals surface area contributed by atoms with E-state index >= 15 is 0 Å². The van der Waals surface area contributed by atoms with Gasteiger partial charge in [-0.05, 0) is 24.6 Å². The minimum atomic E-state index is -2.94. The predicted molar refractivity (Wildman–Crippen MR) is 93.2 cm³/mol. The number of hydrogen-bond donors (Lipinski definition) is 2. The molecule has 0 radical (unpaired) electrons. The first-order chi connectivity index (χ1) is 12.8. The van der Waals surface area contributed by atoms with Gasteiger partial charge in [-0.2, -0.15) is 0 Å². The van der Waals surface area contributed by atoms with Gasteiger partial charge in [0.15, 0.2) is 0 Å². The molecule has 6 nitrogen and oxygen atoms in total. The van der Waals surface area contributed by atoms with E-state index in [0.29, 0.717) is 5.56 Å². The Morgan fingerprint density at radius 2 is 2.15 bits per heavy atom. The molecule has 1 amide bonds. The van der Waals surface area contributed by atoms with Crippen molar-refractivity contribution in [3.8, 4) is 0 Å². The van der Waals surface area contributed by atoms with E-state index in [1.807, 2.05) is 0 Å². The number of amides is 1. The van der Waals surface area contributed by atoms with E-state index in [9.17, 15) is 22.8 Å². The molecule has 0 bridgehead atoms. The number of hydrogen-bond acceptors (Lipinski definition) is 4. The molecular weight excluding hydrogens is 361 g/mol. The van der Waals surface area contributed by atoms with E-state index in [0.717, 1.165) is 6.20 Å². The average molecular weight is 380 g/mol. The molecule has 3 heterocycles. The zero-order valence-corrected chi connectivity index (χ0v) is 14.6. The number of pyridine rings is 2. The summed E-state index contributed by atoms with van der Waals surface area (Å²) in [4.78, 5) is 31.4. The van der Waals surface area contributed by atoms with Gasteiger partial charge in [0.25, 0.3) is 5.92 Å². The highest BCUT2D eigenvalue weighted by atomic mass is 19.3. The summed E-state index contributed by atoms with van der Waals surface area (Å²) < 4.78 is 41.7. The third-order valence-corrected chi connectivity index (χ3v) is 4.78. The van der Waals surface area contributed by atoms with Crippen LogP contribution in [0.4, 0.5) is 19.0 Å². The van der Waals surface area contributed by atoms with E-state index in [2.05, 4.69) is 15.3 Å². The molecule has 2 aromatic rings. The van der Waals surface area contributed by atoms with Gasteiger partial charge < -0.3 is 10.3 Å². The van der Waals surface area contributed by atoms with Crippen LogP contribution >= 0.6 is 0 Å². The number of rotatable bonds is 4. The summed E-state index contributed by atoms with van der Waals surface area (Å²) in [6.07, 6.45) is 1.87. The highest BCUT2D eigenvalue weighted by Crippen LogP contribution is 2.40. The number of nitrogens with one attached hydrogen (secondary N) is 2. The predicted octanol–water partition coefficient (Wildman–Crippen LogP) is 2.36. The van der Waals surface area contributed by atoms with Gasteiger partial charge in [0, 0.05) is 31.8 Å². The molecule has 2 atom stereocenters. The van der Waals surface area contributed by atoms with Gasteiger partial charge >= 0.3 is 0 Å². The molecule has 0 unspecified atom stereocenters. The number of likely N-dealkylation sites (tertiary alicyclic amines) is 1. The molecule has 0 saturated carbocycles. The van der Waals surface area contributed by atoms with Crippen molar-refractivity contribution in [3.63, 3.8) is 0 Å². The van der Waals surface area contributed by atoms with E-state index in [1.54, 1.807) is 11.8 Å². The number of carbonyl (C=O) groups excluding carboxylic acids is 1. The first kappa shape index (κ1) is 19.1. The topological polar surface area (TPSA) is 78.1 Å². The minimum Gasteiger partial charge on any atom is -0.329 e. The number of halogens is 3. The van der Waals surface area contributed by atoms with E-state index in [1.165, 1.54) is 30.5 Å². The molecule has 2 aromatic heterocycles. The summed E-state index contributed by atoms with van der Waals surface area (Å²) >= 11 is 0. The molecule has 9 heteroatoms. The summed E-state index contributed by atoms with van der Waals surface area (Å²) in [5, 5.41) is 2.56. The second kappa shape index (κ2) is 7.51. The largest absolute Gasteiger partial charge is 0.329 e. The summed E-state index contributed by atoms with van der Waals surface area (Å²) in [5.41, 5.74) is -0.0496.